The summed E-state index contributed by atoms with van der Waals surface area (Å²) in [4.78, 5) is 1.85. The lowest BCUT2D eigenvalue weighted by Crippen LogP contribution is -2.36. The van der Waals surface area contributed by atoms with Crippen molar-refractivity contribution in [3.05, 3.63) is 95.1 Å². The molecule has 0 saturated heterocycles. The van der Waals surface area contributed by atoms with E-state index in [1.54, 1.807) is 11.8 Å². The van der Waals surface area contributed by atoms with E-state index in [1.165, 1.54) is 10.5 Å². The Kier molecular flexibility index (Phi) is 5.63. The first kappa shape index (κ1) is 18.9. The molecule has 0 fully saturated rings. The summed E-state index contributed by atoms with van der Waals surface area (Å²) in [6, 6.07) is 25.8. The maximum atomic E-state index is 12.9. The van der Waals surface area contributed by atoms with Gasteiger partial charge in [0.2, 0.25) is 0 Å². The number of nitrogens with one attached hydrogen (secondary N) is 1. The fourth-order valence-electron chi connectivity index (χ4n) is 3.53. The number of thioether (sulfide) groups is 1. The molecule has 0 saturated carbocycles. The molecule has 0 aliphatic carbocycles. The Morgan fingerprint density at radius 3 is 2.46 bits per heavy atom. The minimum atomic E-state index is -1.46. The lowest BCUT2D eigenvalue weighted by Gasteiger charge is -2.25. The molecular weight excluding hydrogens is 384 g/mol. The largest absolute Gasteiger partial charge is 0.237 e. The Morgan fingerprint density at radius 2 is 1.71 bits per heavy atom. The molecule has 0 spiro atoms. The molecule has 0 amide bonds. The van der Waals surface area contributed by atoms with Crippen molar-refractivity contribution in [3.63, 3.8) is 0 Å². The van der Waals surface area contributed by atoms with Crippen LogP contribution in [0.1, 0.15) is 28.2 Å². The summed E-state index contributed by atoms with van der Waals surface area (Å²) in [5, 5.41) is 10.0. The van der Waals surface area contributed by atoms with Crippen molar-refractivity contribution >= 4 is 22.7 Å². The third-order valence-corrected chi connectivity index (χ3v) is 7.28. The second kappa shape index (κ2) is 8.32. The molecule has 140 valence electrons. The number of rotatable bonds is 4. The maximum absolute atomic E-state index is 12.9. The number of aryl methyl sites for hydroxylation is 1. The molecule has 3 aromatic carbocycles. The average Bonchev–Trinajstić information content (AvgIpc) is 2.89. The predicted molar refractivity (Wildman–Crippen MR) is 114 cm³/mol. The second-order valence-electron chi connectivity index (χ2n) is 6.81. The van der Waals surface area contributed by atoms with E-state index in [-0.39, 0.29) is 5.92 Å². The van der Waals surface area contributed by atoms with Crippen molar-refractivity contribution in [1.82, 2.24) is 4.72 Å². The lowest BCUT2D eigenvalue weighted by molar-refractivity contribution is 0.624. The molecule has 0 bridgehead atoms. The number of nitriles is 1. The lowest BCUT2D eigenvalue weighted by atomic mass is 9.84. The zero-order valence-electron chi connectivity index (χ0n) is 15.5. The summed E-state index contributed by atoms with van der Waals surface area (Å²) in [6.07, 6.45) is 0. The van der Waals surface area contributed by atoms with Gasteiger partial charge in [-0.15, -0.1) is 11.8 Å². The van der Waals surface area contributed by atoms with Crippen LogP contribution in [-0.2, 0) is 16.7 Å². The van der Waals surface area contributed by atoms with E-state index in [0.29, 0.717) is 4.90 Å². The van der Waals surface area contributed by atoms with Gasteiger partial charge in [0.05, 0.1) is 11.0 Å². The molecule has 5 heteroatoms. The van der Waals surface area contributed by atoms with Gasteiger partial charge in [-0.25, -0.2) is 8.93 Å². The van der Waals surface area contributed by atoms with E-state index in [1.807, 2.05) is 55.5 Å². The smallest absolute Gasteiger partial charge is 0.126 e. The summed E-state index contributed by atoms with van der Waals surface area (Å²) < 4.78 is 16.0. The fourth-order valence-corrected chi connectivity index (χ4v) is 5.58. The van der Waals surface area contributed by atoms with Gasteiger partial charge in [0.15, 0.2) is 0 Å². The van der Waals surface area contributed by atoms with Crippen molar-refractivity contribution in [1.29, 1.82) is 5.26 Å². The first-order valence-electron chi connectivity index (χ1n) is 9.11. The third kappa shape index (κ3) is 3.77. The molecule has 3 aromatic rings. The van der Waals surface area contributed by atoms with Gasteiger partial charge in [0.25, 0.3) is 0 Å². The Hall–Kier alpha value is -2.39. The molecular formula is C23H20N2OS2. The van der Waals surface area contributed by atoms with Crippen molar-refractivity contribution in [2.45, 2.75) is 34.4 Å². The van der Waals surface area contributed by atoms with Crippen LogP contribution in [0.5, 0.6) is 0 Å². The Morgan fingerprint density at radius 1 is 1.04 bits per heavy atom. The number of hydrogen-bond donors (Lipinski definition) is 1. The Balaban J connectivity index is 1.74. The molecule has 2 unspecified atom stereocenters. The van der Waals surface area contributed by atoms with Crippen molar-refractivity contribution in [2.24, 2.45) is 0 Å². The zero-order chi connectivity index (χ0) is 19.5. The maximum Gasteiger partial charge on any atom is 0.126 e. The van der Waals surface area contributed by atoms with Crippen LogP contribution in [0.4, 0.5) is 0 Å². The van der Waals surface area contributed by atoms with Gasteiger partial charge >= 0.3 is 0 Å². The highest BCUT2D eigenvalue weighted by Gasteiger charge is 2.32. The summed E-state index contributed by atoms with van der Waals surface area (Å²) in [5.74, 6) is 0.685. The molecule has 0 aromatic heterocycles. The zero-order valence-corrected chi connectivity index (χ0v) is 17.1. The number of nitrogens with zero attached hydrogens (tertiary/aromatic N) is 1. The van der Waals surface area contributed by atoms with Crippen LogP contribution in [0.25, 0.3) is 0 Å². The summed E-state index contributed by atoms with van der Waals surface area (Å²) >= 11 is 1.79. The van der Waals surface area contributed by atoms with Crippen molar-refractivity contribution in [3.8, 4) is 6.07 Å². The molecule has 4 rings (SSSR count). The standard InChI is InChI=1S/C23H20N2OS2/c1-16-10-12-18(13-11-16)28(26)25-21(14-24)23-19-7-3-2-6-17(19)15-27-22-9-5-4-8-20(22)23/h2-13,21,23,25H,15H2,1H3/t21-,23?,28?/m1/s1. The molecule has 1 N–H and O–H groups in total. The normalized spacial score (nSPS) is 17.5. The fraction of sp³-hybridized carbons (Fsp3) is 0.174. The highest BCUT2D eigenvalue weighted by molar-refractivity contribution is 7.98. The van der Waals surface area contributed by atoms with Gasteiger partial charge in [-0.1, -0.05) is 60.2 Å². The number of fused-ring (bicyclic) bond motifs is 2. The monoisotopic (exact) mass is 404 g/mol. The van der Waals surface area contributed by atoms with Crippen LogP contribution in [0.3, 0.4) is 0 Å². The van der Waals surface area contributed by atoms with E-state index in [2.05, 4.69) is 35.1 Å². The number of hydrogen-bond acceptors (Lipinski definition) is 3. The van der Waals surface area contributed by atoms with E-state index < -0.39 is 17.0 Å². The van der Waals surface area contributed by atoms with Crippen LogP contribution in [0, 0.1) is 18.3 Å². The molecule has 3 nitrogen and oxygen atoms in total. The topological polar surface area (TPSA) is 52.9 Å². The molecule has 1 aliphatic rings. The first-order chi connectivity index (χ1) is 13.7. The van der Waals surface area contributed by atoms with Crippen LogP contribution >= 0.6 is 11.8 Å². The Bertz CT molecular complexity index is 1010. The second-order valence-corrected chi connectivity index (χ2v) is 9.07. The summed E-state index contributed by atoms with van der Waals surface area (Å²) in [5.41, 5.74) is 4.57. The summed E-state index contributed by atoms with van der Waals surface area (Å²) in [7, 11) is -1.46. The van der Waals surface area contributed by atoms with Gasteiger partial charge in [-0.05, 0) is 41.8 Å². The molecule has 1 aliphatic heterocycles. The highest BCUT2D eigenvalue weighted by atomic mass is 32.2. The molecule has 3 atom stereocenters. The van der Waals surface area contributed by atoms with E-state index in [9.17, 15) is 9.47 Å². The summed E-state index contributed by atoms with van der Waals surface area (Å²) in [6.45, 7) is 2.00. The molecule has 28 heavy (non-hydrogen) atoms. The van der Waals surface area contributed by atoms with Gasteiger partial charge in [0, 0.05) is 16.6 Å². The van der Waals surface area contributed by atoms with Crippen LogP contribution in [0.15, 0.2) is 82.6 Å². The Labute approximate surface area is 172 Å². The van der Waals surface area contributed by atoms with Crippen LogP contribution in [-0.4, -0.2) is 10.3 Å². The van der Waals surface area contributed by atoms with Gasteiger partial charge in [0.1, 0.15) is 17.0 Å². The van der Waals surface area contributed by atoms with Gasteiger partial charge in [-0.2, -0.15) is 5.26 Å². The van der Waals surface area contributed by atoms with Crippen LogP contribution in [0.2, 0.25) is 0 Å². The van der Waals surface area contributed by atoms with E-state index in [4.69, 9.17) is 0 Å². The van der Waals surface area contributed by atoms with Crippen LogP contribution < -0.4 is 4.72 Å². The third-order valence-electron chi connectivity index (χ3n) is 4.97. The van der Waals surface area contributed by atoms with Crippen molar-refractivity contribution in [2.75, 3.05) is 0 Å². The highest BCUT2D eigenvalue weighted by Crippen LogP contribution is 2.42. The average molecular weight is 405 g/mol. The van der Waals surface area contributed by atoms with Gasteiger partial charge < -0.3 is 0 Å². The SMILES string of the molecule is Cc1ccc(S(=O)N[C@H](C#N)C2c3ccccc3CSc3ccccc32)cc1. The minimum Gasteiger partial charge on any atom is -0.237 e. The van der Waals surface area contributed by atoms with E-state index in [0.717, 1.165) is 22.4 Å². The van der Waals surface area contributed by atoms with Gasteiger partial charge in [-0.3, -0.25) is 0 Å². The molecule has 0 radical (unpaired) electrons. The van der Waals surface area contributed by atoms with Crippen molar-refractivity contribution < 1.29 is 4.21 Å². The molecule has 1 heterocycles. The number of benzene rings is 3. The predicted octanol–water partition coefficient (Wildman–Crippen LogP) is 4.94. The van der Waals surface area contributed by atoms with E-state index >= 15 is 0 Å². The first-order valence-corrected chi connectivity index (χ1v) is 11.2. The quantitative estimate of drug-likeness (QED) is 0.670. The minimum absolute atomic E-state index is 0.179.